The van der Waals surface area contributed by atoms with Crippen molar-refractivity contribution in [3.05, 3.63) is 54.1 Å². The van der Waals surface area contributed by atoms with Crippen LogP contribution in [0.15, 0.2) is 42.7 Å². The third kappa shape index (κ3) is 2.35. The van der Waals surface area contributed by atoms with Crippen molar-refractivity contribution >= 4 is 0 Å². The normalized spacial score (nSPS) is 10.2. The van der Waals surface area contributed by atoms with Crippen LogP contribution in [0.5, 0.6) is 0 Å². The van der Waals surface area contributed by atoms with Crippen LogP contribution in [0.3, 0.4) is 0 Å². The van der Waals surface area contributed by atoms with Gasteiger partial charge in [0, 0.05) is 6.20 Å². The number of nitrogens with zero attached hydrogens (tertiary/aromatic N) is 2. The molecule has 0 unspecified atom stereocenters. The van der Waals surface area contributed by atoms with E-state index in [-0.39, 0.29) is 6.61 Å². The molecule has 1 N–H and O–H groups in total. The summed E-state index contributed by atoms with van der Waals surface area (Å²) in [6.07, 6.45) is 3.27. The summed E-state index contributed by atoms with van der Waals surface area (Å²) < 4.78 is 1.48. The molecule has 1 aromatic heterocycles. The number of benzene rings is 1. The molecule has 0 fully saturated rings. The van der Waals surface area contributed by atoms with Gasteiger partial charge in [-0.05, 0) is 5.56 Å². The summed E-state index contributed by atoms with van der Waals surface area (Å²) in [6.45, 7) is 0.339. The molecule has 4 nitrogen and oxygen atoms in total. The minimum atomic E-state index is -0.123. The Balaban J connectivity index is 1.99. The Morgan fingerprint density at radius 3 is 2.80 bits per heavy atom. The third-order valence-electron chi connectivity index (χ3n) is 2.03. The first kappa shape index (κ1) is 9.73. The van der Waals surface area contributed by atoms with Crippen LogP contribution in [0.1, 0.15) is 11.4 Å². The number of imidazole rings is 1. The first-order valence-corrected chi connectivity index (χ1v) is 4.70. The highest BCUT2D eigenvalue weighted by Crippen LogP contribution is 2.00. The fraction of sp³-hybridized carbons (Fsp3) is 0.182. The first-order chi connectivity index (χ1) is 7.40. The zero-order valence-corrected chi connectivity index (χ0v) is 8.21. The number of hydrogen-bond donors (Lipinski definition) is 1. The molecule has 0 aliphatic carbocycles. The molecule has 0 radical (unpaired) electrons. The molecule has 0 aliphatic heterocycles. The lowest BCUT2D eigenvalue weighted by Crippen LogP contribution is -2.13. The number of aliphatic hydroxyl groups is 1. The highest BCUT2D eigenvalue weighted by Gasteiger charge is 2.01. The molecule has 4 heteroatoms. The number of hydrogen-bond acceptors (Lipinski definition) is 3. The smallest absolute Gasteiger partial charge is 0.170 e. The van der Waals surface area contributed by atoms with Crippen LogP contribution in [-0.4, -0.2) is 14.8 Å². The quantitative estimate of drug-likeness (QED) is 0.808. The lowest BCUT2D eigenvalue weighted by molar-refractivity contribution is 0.0798. The molecule has 1 heterocycles. The lowest BCUT2D eigenvalue weighted by atomic mass is 10.2. The van der Waals surface area contributed by atoms with Crippen molar-refractivity contribution in [2.24, 2.45) is 0 Å². The van der Waals surface area contributed by atoms with Gasteiger partial charge in [0.05, 0.1) is 6.20 Å². The van der Waals surface area contributed by atoms with Crippen LogP contribution >= 0.6 is 0 Å². The Bertz CT molecular complexity index is 412. The summed E-state index contributed by atoms with van der Waals surface area (Å²) in [5, 5.41) is 8.94. The lowest BCUT2D eigenvalue weighted by Gasteiger charge is -2.08. The van der Waals surface area contributed by atoms with Crippen molar-refractivity contribution < 1.29 is 9.94 Å². The average molecular weight is 204 g/mol. The fourth-order valence-corrected chi connectivity index (χ4v) is 1.27. The van der Waals surface area contributed by atoms with Gasteiger partial charge < -0.3 is 9.94 Å². The van der Waals surface area contributed by atoms with Crippen molar-refractivity contribution in [2.75, 3.05) is 0 Å². The van der Waals surface area contributed by atoms with Gasteiger partial charge in [-0.2, -0.15) is 4.73 Å². The van der Waals surface area contributed by atoms with Crippen LogP contribution in [0.25, 0.3) is 0 Å². The van der Waals surface area contributed by atoms with Crippen LogP contribution in [0.4, 0.5) is 0 Å². The summed E-state index contributed by atoms with van der Waals surface area (Å²) >= 11 is 0. The molecule has 78 valence electrons. The van der Waals surface area contributed by atoms with E-state index in [1.54, 1.807) is 12.4 Å². The molecule has 0 atom stereocenters. The molecule has 0 spiro atoms. The first-order valence-electron chi connectivity index (χ1n) is 4.70. The van der Waals surface area contributed by atoms with Gasteiger partial charge in [-0.1, -0.05) is 30.3 Å². The Morgan fingerprint density at radius 1 is 1.27 bits per heavy atom. The van der Waals surface area contributed by atoms with E-state index in [2.05, 4.69) is 4.98 Å². The molecule has 0 aliphatic rings. The highest BCUT2D eigenvalue weighted by molar-refractivity contribution is 5.13. The van der Waals surface area contributed by atoms with Gasteiger partial charge in [0.1, 0.15) is 13.2 Å². The molecule has 0 bridgehead atoms. The maximum absolute atomic E-state index is 8.94. The summed E-state index contributed by atoms with van der Waals surface area (Å²) in [6, 6.07) is 9.84. The fourth-order valence-electron chi connectivity index (χ4n) is 1.27. The van der Waals surface area contributed by atoms with Crippen molar-refractivity contribution in [3.8, 4) is 0 Å². The minimum Gasteiger partial charge on any atom is -0.408 e. The predicted octanol–water partition coefficient (Wildman–Crippen LogP) is 1.00. The van der Waals surface area contributed by atoms with Gasteiger partial charge in [-0.3, -0.25) is 0 Å². The topological polar surface area (TPSA) is 47.3 Å². The van der Waals surface area contributed by atoms with Crippen LogP contribution in [-0.2, 0) is 13.2 Å². The van der Waals surface area contributed by atoms with Crippen LogP contribution in [0, 0.1) is 0 Å². The monoisotopic (exact) mass is 204 g/mol. The van der Waals surface area contributed by atoms with E-state index in [9.17, 15) is 0 Å². The van der Waals surface area contributed by atoms with E-state index in [0.717, 1.165) is 5.56 Å². The number of aliphatic hydroxyl groups excluding tert-OH is 1. The average Bonchev–Trinajstić information content (AvgIpc) is 2.75. The van der Waals surface area contributed by atoms with Crippen LogP contribution < -0.4 is 4.84 Å². The zero-order valence-electron chi connectivity index (χ0n) is 8.21. The van der Waals surface area contributed by atoms with Gasteiger partial charge in [0.2, 0.25) is 0 Å². The second-order valence-corrected chi connectivity index (χ2v) is 3.09. The van der Waals surface area contributed by atoms with Gasteiger partial charge in [-0.25, -0.2) is 4.98 Å². The van der Waals surface area contributed by atoms with Gasteiger partial charge in [-0.15, -0.1) is 0 Å². The minimum absolute atomic E-state index is 0.123. The Labute approximate surface area is 87.7 Å². The summed E-state index contributed by atoms with van der Waals surface area (Å²) in [5.41, 5.74) is 1.08. The van der Waals surface area contributed by atoms with E-state index in [0.29, 0.717) is 12.4 Å². The second-order valence-electron chi connectivity index (χ2n) is 3.09. The van der Waals surface area contributed by atoms with Crippen molar-refractivity contribution in [1.82, 2.24) is 9.71 Å². The van der Waals surface area contributed by atoms with Gasteiger partial charge in [0.25, 0.3) is 0 Å². The molecule has 15 heavy (non-hydrogen) atoms. The summed E-state index contributed by atoms with van der Waals surface area (Å²) in [7, 11) is 0. The van der Waals surface area contributed by atoms with E-state index < -0.39 is 0 Å². The molecule has 0 amide bonds. The maximum Gasteiger partial charge on any atom is 0.170 e. The molecular formula is C11H12N2O2. The SMILES string of the molecule is OCc1nccn1OCc1ccccc1. The molecule has 0 saturated carbocycles. The Kier molecular flexibility index (Phi) is 2.99. The van der Waals surface area contributed by atoms with Gasteiger partial charge >= 0.3 is 0 Å². The zero-order chi connectivity index (χ0) is 10.5. The van der Waals surface area contributed by atoms with Crippen LogP contribution in [0.2, 0.25) is 0 Å². The van der Waals surface area contributed by atoms with E-state index in [1.165, 1.54) is 4.73 Å². The summed E-state index contributed by atoms with van der Waals surface area (Å²) in [4.78, 5) is 9.38. The largest absolute Gasteiger partial charge is 0.408 e. The molecule has 1 aromatic carbocycles. The van der Waals surface area contributed by atoms with Crippen molar-refractivity contribution in [1.29, 1.82) is 0 Å². The van der Waals surface area contributed by atoms with E-state index >= 15 is 0 Å². The standard InChI is InChI=1S/C11H12N2O2/c14-8-11-12-6-7-13(11)15-9-10-4-2-1-3-5-10/h1-7,14H,8-9H2. The highest BCUT2D eigenvalue weighted by atomic mass is 16.7. The third-order valence-corrected chi connectivity index (χ3v) is 2.03. The molecule has 2 rings (SSSR count). The predicted molar refractivity (Wildman–Crippen MR) is 54.9 cm³/mol. The number of aromatic nitrogens is 2. The second kappa shape index (κ2) is 4.61. The maximum atomic E-state index is 8.94. The van der Waals surface area contributed by atoms with Crippen molar-refractivity contribution in [3.63, 3.8) is 0 Å². The Hall–Kier alpha value is -1.81. The van der Waals surface area contributed by atoms with Gasteiger partial charge in [0.15, 0.2) is 5.82 Å². The molecule has 2 aromatic rings. The molecule has 0 saturated heterocycles. The number of rotatable bonds is 4. The van der Waals surface area contributed by atoms with E-state index in [1.807, 2.05) is 30.3 Å². The molecular weight excluding hydrogens is 192 g/mol. The van der Waals surface area contributed by atoms with E-state index in [4.69, 9.17) is 9.94 Å². The summed E-state index contributed by atoms with van der Waals surface area (Å²) in [5.74, 6) is 0.505. The Morgan fingerprint density at radius 2 is 2.07 bits per heavy atom. The van der Waals surface area contributed by atoms with Crippen molar-refractivity contribution in [2.45, 2.75) is 13.2 Å².